The number of nitrogens with one attached hydrogen (secondary N) is 1. The molecule has 9 heteroatoms. The summed E-state index contributed by atoms with van der Waals surface area (Å²) in [7, 11) is 0. The standard InChI is InChI=1S/C26H25ClF4N2O2.C4H8.C3H8.2C2H6/c1-16(22(18-5-4-6-21(28)14-18)13-17-7-10-20(27)11-8-17)33-24(34)25(2,3)35-23-12-9-19(15-32-23)26(29,30)31;1-4-2-3-4;1-3-2;2*1-2/h4-12,14-16,22H,13H2,1-3H3,(H,33,34);4H,2-3H2,1H3;3H2,1-2H3;2*1-2H3. The minimum Gasteiger partial charge on any atom is -0.462 e. The minimum absolute atomic E-state index is 0.117. The highest BCUT2D eigenvalue weighted by molar-refractivity contribution is 6.30. The zero-order chi connectivity index (χ0) is 35.5. The van der Waals surface area contributed by atoms with Gasteiger partial charge in [0.2, 0.25) is 5.88 Å². The number of hydrogen-bond acceptors (Lipinski definition) is 3. The fourth-order valence-corrected chi connectivity index (χ4v) is 3.88. The number of nitrogens with zero attached hydrogens (tertiary/aromatic N) is 1. The third-order valence-electron chi connectivity index (χ3n) is 6.44. The van der Waals surface area contributed by atoms with Crippen LogP contribution in [0.1, 0.15) is 111 Å². The highest BCUT2D eigenvalue weighted by atomic mass is 35.5. The van der Waals surface area contributed by atoms with Gasteiger partial charge in [0.15, 0.2) is 5.60 Å². The summed E-state index contributed by atoms with van der Waals surface area (Å²) in [5.74, 6) is -0.201. The van der Waals surface area contributed by atoms with Gasteiger partial charge in [-0.05, 0) is 74.6 Å². The minimum atomic E-state index is -4.52. The molecule has 46 heavy (non-hydrogen) atoms. The zero-order valence-corrected chi connectivity index (χ0v) is 29.8. The first kappa shape index (κ1) is 42.9. The number of carbonyl (C=O) groups excluding carboxylic acids is 1. The Balaban J connectivity index is 0.00000160. The molecule has 2 atom stereocenters. The van der Waals surface area contributed by atoms with Crippen LogP contribution in [0, 0.1) is 11.7 Å². The Morgan fingerprint density at radius 1 is 1.00 bits per heavy atom. The lowest BCUT2D eigenvalue weighted by Crippen LogP contribution is -2.51. The maximum Gasteiger partial charge on any atom is 0.417 e. The zero-order valence-electron chi connectivity index (χ0n) is 29.1. The summed E-state index contributed by atoms with van der Waals surface area (Å²) in [5, 5.41) is 3.50. The summed E-state index contributed by atoms with van der Waals surface area (Å²) in [4.78, 5) is 16.7. The molecule has 0 radical (unpaired) electrons. The molecular formula is C37H53ClF4N2O2. The van der Waals surface area contributed by atoms with Crippen LogP contribution >= 0.6 is 11.6 Å². The summed E-state index contributed by atoms with van der Waals surface area (Å²) in [5.41, 5.74) is -0.695. The number of benzene rings is 2. The molecule has 1 aliphatic rings. The lowest BCUT2D eigenvalue weighted by atomic mass is 9.86. The normalized spacial score (nSPS) is 13.4. The fraction of sp³-hybridized carbons (Fsp3) is 0.514. The third kappa shape index (κ3) is 16.4. The lowest BCUT2D eigenvalue weighted by molar-refractivity contribution is -0.138. The summed E-state index contributed by atoms with van der Waals surface area (Å²) >= 11 is 5.98. The number of aromatic nitrogens is 1. The van der Waals surface area contributed by atoms with Crippen LogP contribution in [-0.2, 0) is 17.4 Å². The van der Waals surface area contributed by atoms with Crippen molar-refractivity contribution in [1.82, 2.24) is 10.3 Å². The molecule has 0 bridgehead atoms. The van der Waals surface area contributed by atoms with E-state index in [4.69, 9.17) is 16.3 Å². The molecule has 0 aliphatic heterocycles. The van der Waals surface area contributed by atoms with Crippen molar-refractivity contribution in [1.29, 1.82) is 0 Å². The maximum absolute atomic E-state index is 14.0. The van der Waals surface area contributed by atoms with Crippen LogP contribution < -0.4 is 10.1 Å². The van der Waals surface area contributed by atoms with Crippen molar-refractivity contribution in [2.75, 3.05) is 0 Å². The number of amides is 1. The van der Waals surface area contributed by atoms with E-state index in [1.165, 1.54) is 45.2 Å². The van der Waals surface area contributed by atoms with Crippen molar-refractivity contribution in [3.05, 3.63) is 94.4 Å². The van der Waals surface area contributed by atoms with Crippen LogP contribution in [0.5, 0.6) is 5.88 Å². The van der Waals surface area contributed by atoms with Crippen molar-refractivity contribution < 1.29 is 27.1 Å². The largest absolute Gasteiger partial charge is 0.462 e. The Morgan fingerprint density at radius 2 is 1.54 bits per heavy atom. The summed E-state index contributed by atoms with van der Waals surface area (Å²) in [6.45, 7) is 19.3. The molecule has 2 aromatic carbocycles. The van der Waals surface area contributed by atoms with E-state index < -0.39 is 29.3 Å². The number of ether oxygens (including phenoxy) is 1. The van der Waals surface area contributed by atoms with Crippen LogP contribution in [0.3, 0.4) is 0 Å². The van der Waals surface area contributed by atoms with E-state index >= 15 is 0 Å². The second kappa shape index (κ2) is 21.6. The number of alkyl halides is 3. The van der Waals surface area contributed by atoms with Gasteiger partial charge in [0.05, 0.1) is 5.56 Å². The van der Waals surface area contributed by atoms with Gasteiger partial charge in [0.25, 0.3) is 5.91 Å². The second-order valence-corrected chi connectivity index (χ2v) is 11.6. The van der Waals surface area contributed by atoms with Crippen LogP contribution in [-0.4, -0.2) is 22.5 Å². The predicted molar refractivity (Wildman–Crippen MR) is 183 cm³/mol. The van der Waals surface area contributed by atoms with Crippen molar-refractivity contribution >= 4 is 17.5 Å². The maximum atomic E-state index is 14.0. The molecule has 0 spiro atoms. The molecule has 1 heterocycles. The number of carbonyl (C=O) groups is 1. The van der Waals surface area contributed by atoms with Crippen LogP contribution in [0.15, 0.2) is 66.9 Å². The number of hydrogen-bond donors (Lipinski definition) is 1. The third-order valence-corrected chi connectivity index (χ3v) is 6.70. The first-order valence-corrected chi connectivity index (χ1v) is 16.6. The summed E-state index contributed by atoms with van der Waals surface area (Å²) in [6, 6.07) is 14.9. The monoisotopic (exact) mass is 668 g/mol. The summed E-state index contributed by atoms with van der Waals surface area (Å²) < 4.78 is 57.9. The van der Waals surface area contributed by atoms with Gasteiger partial charge < -0.3 is 10.1 Å². The van der Waals surface area contributed by atoms with E-state index in [9.17, 15) is 22.4 Å². The first-order valence-electron chi connectivity index (χ1n) is 16.2. The van der Waals surface area contributed by atoms with E-state index in [0.29, 0.717) is 23.2 Å². The Morgan fingerprint density at radius 3 is 1.98 bits per heavy atom. The molecule has 0 saturated heterocycles. The SMILES string of the molecule is CC.CC.CC(NC(=O)C(C)(C)Oc1ccc(C(F)(F)F)cn1)C(Cc1ccc(Cl)cc1)c1cccc(F)c1.CC1CC1.CCC. The average molecular weight is 669 g/mol. The molecular weight excluding hydrogens is 616 g/mol. The topological polar surface area (TPSA) is 51.2 Å². The Hall–Kier alpha value is -3.13. The van der Waals surface area contributed by atoms with Crippen molar-refractivity contribution in [3.63, 3.8) is 0 Å². The number of halogens is 5. The molecule has 258 valence electrons. The quantitative estimate of drug-likeness (QED) is 0.243. The van der Waals surface area contributed by atoms with E-state index in [0.717, 1.165) is 23.6 Å². The number of rotatable bonds is 8. The molecule has 1 aliphatic carbocycles. The molecule has 1 N–H and O–H groups in total. The van der Waals surface area contributed by atoms with Gasteiger partial charge in [-0.25, -0.2) is 9.37 Å². The lowest BCUT2D eigenvalue weighted by Gasteiger charge is -2.30. The van der Waals surface area contributed by atoms with E-state index in [2.05, 4.69) is 31.1 Å². The molecule has 4 nitrogen and oxygen atoms in total. The molecule has 1 amide bonds. The summed E-state index contributed by atoms with van der Waals surface area (Å²) in [6.07, 6.45) is 0.853. The van der Waals surface area contributed by atoms with E-state index in [-0.39, 0.29) is 17.6 Å². The van der Waals surface area contributed by atoms with Gasteiger partial charge >= 0.3 is 6.18 Å². The highest BCUT2D eigenvalue weighted by Crippen LogP contribution is 2.30. The predicted octanol–water partition coefficient (Wildman–Crippen LogP) is 11.5. The smallest absolute Gasteiger partial charge is 0.417 e. The average Bonchev–Trinajstić information content (AvgIpc) is 3.81. The highest BCUT2D eigenvalue weighted by Gasteiger charge is 2.34. The second-order valence-electron chi connectivity index (χ2n) is 11.1. The number of pyridine rings is 1. The van der Waals surface area contributed by atoms with E-state index in [1.54, 1.807) is 31.2 Å². The van der Waals surface area contributed by atoms with Crippen LogP contribution in [0.2, 0.25) is 5.02 Å². The molecule has 1 aromatic heterocycles. The molecule has 4 rings (SSSR count). The molecule has 3 aromatic rings. The van der Waals surface area contributed by atoms with Crippen molar-refractivity contribution in [3.8, 4) is 5.88 Å². The molecule has 2 unspecified atom stereocenters. The van der Waals surface area contributed by atoms with Gasteiger partial charge in [-0.1, -0.05) is 104 Å². The van der Waals surface area contributed by atoms with E-state index in [1.807, 2.05) is 39.8 Å². The van der Waals surface area contributed by atoms with Gasteiger partial charge in [-0.2, -0.15) is 13.2 Å². The van der Waals surface area contributed by atoms with Crippen molar-refractivity contribution in [2.45, 2.75) is 119 Å². The van der Waals surface area contributed by atoms with Crippen molar-refractivity contribution in [2.24, 2.45) is 5.92 Å². The van der Waals surface area contributed by atoms with Crippen LogP contribution in [0.4, 0.5) is 17.6 Å². The van der Waals surface area contributed by atoms with Crippen LogP contribution in [0.25, 0.3) is 0 Å². The molecule has 1 saturated carbocycles. The van der Waals surface area contributed by atoms with Gasteiger partial charge in [-0.15, -0.1) is 0 Å². The first-order chi connectivity index (χ1) is 21.7. The van der Waals surface area contributed by atoms with Gasteiger partial charge in [-0.3, -0.25) is 4.79 Å². The Kier molecular flexibility index (Phi) is 20.2. The Labute approximate surface area is 279 Å². The van der Waals surface area contributed by atoms with Gasteiger partial charge in [0, 0.05) is 29.2 Å². The Bertz CT molecular complexity index is 1250. The van der Waals surface area contributed by atoms with Gasteiger partial charge in [0.1, 0.15) is 5.82 Å². The molecule has 1 fully saturated rings. The fourth-order valence-electron chi connectivity index (χ4n) is 3.76.